The zero-order valence-electron chi connectivity index (χ0n) is 12.0. The van der Waals surface area contributed by atoms with Crippen LogP contribution >= 0.6 is 0 Å². The highest BCUT2D eigenvalue weighted by atomic mass is 16.3. The highest BCUT2D eigenvalue weighted by Gasteiger charge is 2.37. The molecule has 1 aliphatic rings. The van der Waals surface area contributed by atoms with Crippen molar-refractivity contribution < 1.29 is 9.90 Å². The standard InChI is InChI=1S/C15H24O2/c1-9-8-10(14(2,3)4)12(16)13(17)11(9)15(5,6)7/h8-9,17H,1-7H3. The second-order valence-electron chi connectivity index (χ2n) is 6.96. The largest absolute Gasteiger partial charge is 0.504 e. The normalized spacial score (nSPS) is 22.9. The van der Waals surface area contributed by atoms with Crippen LogP contribution in [0, 0.1) is 16.7 Å². The van der Waals surface area contributed by atoms with Gasteiger partial charge in [-0.2, -0.15) is 0 Å². The Morgan fingerprint density at radius 3 is 1.88 bits per heavy atom. The van der Waals surface area contributed by atoms with Gasteiger partial charge in [0.05, 0.1) is 0 Å². The first kappa shape index (κ1) is 14.0. The molecule has 0 aromatic carbocycles. The van der Waals surface area contributed by atoms with Gasteiger partial charge in [-0.1, -0.05) is 54.5 Å². The van der Waals surface area contributed by atoms with Gasteiger partial charge in [-0.25, -0.2) is 0 Å². The summed E-state index contributed by atoms with van der Waals surface area (Å²) in [5, 5.41) is 10.2. The molecule has 1 unspecified atom stereocenters. The topological polar surface area (TPSA) is 37.3 Å². The Hall–Kier alpha value is -1.05. The van der Waals surface area contributed by atoms with Gasteiger partial charge in [-0.15, -0.1) is 0 Å². The second kappa shape index (κ2) is 4.01. The Kier molecular flexibility index (Phi) is 3.30. The van der Waals surface area contributed by atoms with Crippen LogP contribution in [0.25, 0.3) is 0 Å². The van der Waals surface area contributed by atoms with E-state index in [9.17, 15) is 9.90 Å². The third kappa shape index (κ3) is 2.62. The predicted octanol–water partition coefficient (Wildman–Crippen LogP) is 4.04. The third-order valence-electron chi connectivity index (χ3n) is 3.20. The Bertz CT molecular complexity index is 398. The summed E-state index contributed by atoms with van der Waals surface area (Å²) in [5.41, 5.74) is 1.16. The van der Waals surface area contributed by atoms with E-state index in [0.29, 0.717) is 0 Å². The molecule has 0 saturated heterocycles. The number of ketones is 1. The van der Waals surface area contributed by atoms with Gasteiger partial charge in [0.25, 0.3) is 0 Å². The molecule has 0 heterocycles. The fourth-order valence-corrected chi connectivity index (χ4v) is 2.50. The van der Waals surface area contributed by atoms with Gasteiger partial charge in [-0.3, -0.25) is 4.79 Å². The summed E-state index contributed by atoms with van der Waals surface area (Å²) in [5.74, 6) is -0.139. The van der Waals surface area contributed by atoms with E-state index in [2.05, 4.69) is 0 Å². The molecule has 1 rings (SSSR count). The van der Waals surface area contributed by atoms with Crippen LogP contribution in [0.1, 0.15) is 48.5 Å². The molecule has 96 valence electrons. The van der Waals surface area contributed by atoms with Crippen molar-refractivity contribution in [1.29, 1.82) is 0 Å². The van der Waals surface area contributed by atoms with Crippen molar-refractivity contribution in [3.05, 3.63) is 23.0 Å². The number of allylic oxidation sites excluding steroid dienone is 3. The molecule has 17 heavy (non-hydrogen) atoms. The summed E-state index contributed by atoms with van der Waals surface area (Å²) < 4.78 is 0. The number of rotatable bonds is 0. The summed E-state index contributed by atoms with van der Waals surface area (Å²) in [6.45, 7) is 14.1. The number of Topliss-reactive ketones (excluding diaryl/α,β-unsaturated/α-hetero) is 1. The van der Waals surface area contributed by atoms with Crippen molar-refractivity contribution in [3.63, 3.8) is 0 Å². The average molecular weight is 236 g/mol. The van der Waals surface area contributed by atoms with Crippen molar-refractivity contribution in [2.45, 2.75) is 48.5 Å². The fourth-order valence-electron chi connectivity index (χ4n) is 2.50. The molecule has 1 atom stereocenters. The minimum Gasteiger partial charge on any atom is -0.504 e. The number of hydrogen-bond donors (Lipinski definition) is 1. The van der Waals surface area contributed by atoms with Crippen molar-refractivity contribution in [3.8, 4) is 0 Å². The fraction of sp³-hybridized carbons (Fsp3) is 0.667. The maximum atomic E-state index is 12.2. The predicted molar refractivity (Wildman–Crippen MR) is 70.8 cm³/mol. The van der Waals surface area contributed by atoms with E-state index >= 15 is 0 Å². The number of carbonyl (C=O) groups excluding carboxylic acids is 1. The van der Waals surface area contributed by atoms with E-state index in [1.807, 2.05) is 54.5 Å². The van der Waals surface area contributed by atoms with E-state index in [-0.39, 0.29) is 28.3 Å². The van der Waals surface area contributed by atoms with Gasteiger partial charge in [-0.05, 0) is 16.4 Å². The highest BCUT2D eigenvalue weighted by molar-refractivity contribution is 6.09. The van der Waals surface area contributed by atoms with Gasteiger partial charge in [0.15, 0.2) is 5.76 Å². The monoisotopic (exact) mass is 236 g/mol. The molecule has 0 aromatic rings. The molecule has 0 spiro atoms. The molecule has 0 radical (unpaired) electrons. The molecular formula is C15H24O2. The average Bonchev–Trinajstić information content (AvgIpc) is 2.07. The summed E-state index contributed by atoms with van der Waals surface area (Å²) in [6.07, 6.45) is 2.00. The molecule has 1 N–H and O–H groups in total. The van der Waals surface area contributed by atoms with Crippen LogP contribution in [0.2, 0.25) is 0 Å². The first-order valence-electron chi connectivity index (χ1n) is 6.17. The van der Waals surface area contributed by atoms with Crippen LogP contribution in [0.5, 0.6) is 0 Å². The van der Waals surface area contributed by atoms with Crippen molar-refractivity contribution in [2.24, 2.45) is 16.7 Å². The van der Waals surface area contributed by atoms with E-state index < -0.39 is 0 Å². The maximum Gasteiger partial charge on any atom is 0.223 e. The molecule has 2 nitrogen and oxygen atoms in total. The van der Waals surface area contributed by atoms with Crippen LogP contribution in [-0.4, -0.2) is 10.9 Å². The Morgan fingerprint density at radius 1 is 1.06 bits per heavy atom. The van der Waals surface area contributed by atoms with Crippen molar-refractivity contribution >= 4 is 5.78 Å². The van der Waals surface area contributed by atoms with Crippen LogP contribution in [-0.2, 0) is 4.79 Å². The summed E-state index contributed by atoms with van der Waals surface area (Å²) >= 11 is 0. The minimum absolute atomic E-state index is 0.0441. The van der Waals surface area contributed by atoms with Gasteiger partial charge in [0.1, 0.15) is 0 Å². The van der Waals surface area contributed by atoms with Crippen molar-refractivity contribution in [1.82, 2.24) is 0 Å². The zero-order valence-corrected chi connectivity index (χ0v) is 12.0. The lowest BCUT2D eigenvalue weighted by atomic mass is 9.70. The lowest BCUT2D eigenvalue weighted by molar-refractivity contribution is -0.116. The molecular weight excluding hydrogens is 212 g/mol. The van der Waals surface area contributed by atoms with Crippen LogP contribution in [0.4, 0.5) is 0 Å². The van der Waals surface area contributed by atoms with Gasteiger partial charge >= 0.3 is 0 Å². The van der Waals surface area contributed by atoms with Gasteiger partial charge < -0.3 is 5.11 Å². The zero-order chi connectivity index (χ0) is 13.6. The minimum atomic E-state index is -0.220. The van der Waals surface area contributed by atoms with E-state index in [4.69, 9.17) is 0 Å². The summed E-state index contributed by atoms with van der Waals surface area (Å²) in [7, 11) is 0. The van der Waals surface area contributed by atoms with Crippen LogP contribution in [0.15, 0.2) is 23.0 Å². The number of aliphatic hydroxyl groups is 1. The van der Waals surface area contributed by atoms with Gasteiger partial charge in [0.2, 0.25) is 5.78 Å². The van der Waals surface area contributed by atoms with Gasteiger partial charge in [0, 0.05) is 11.5 Å². The third-order valence-corrected chi connectivity index (χ3v) is 3.20. The SMILES string of the molecule is CC1C=C(C(C)(C)C)C(=O)C(O)=C1C(C)(C)C. The summed E-state index contributed by atoms with van der Waals surface area (Å²) in [6, 6.07) is 0. The Labute approximate surface area is 104 Å². The van der Waals surface area contributed by atoms with Crippen LogP contribution < -0.4 is 0 Å². The smallest absolute Gasteiger partial charge is 0.223 e. The van der Waals surface area contributed by atoms with E-state index in [1.54, 1.807) is 0 Å². The first-order valence-corrected chi connectivity index (χ1v) is 6.17. The molecule has 1 aliphatic carbocycles. The molecule has 2 heteroatoms. The maximum absolute atomic E-state index is 12.2. The number of aliphatic hydroxyl groups excluding tert-OH is 1. The summed E-state index contributed by atoms with van der Waals surface area (Å²) in [4.78, 5) is 12.2. The molecule has 0 bridgehead atoms. The number of carbonyl (C=O) groups is 1. The lowest BCUT2D eigenvalue weighted by Crippen LogP contribution is -2.30. The quantitative estimate of drug-likeness (QED) is 0.689. The Morgan fingerprint density at radius 2 is 1.53 bits per heavy atom. The first-order chi connectivity index (χ1) is 7.46. The lowest BCUT2D eigenvalue weighted by Gasteiger charge is -2.34. The van der Waals surface area contributed by atoms with Crippen molar-refractivity contribution in [2.75, 3.05) is 0 Å². The van der Waals surface area contributed by atoms with E-state index in [0.717, 1.165) is 11.1 Å². The second-order valence-corrected chi connectivity index (χ2v) is 6.96. The molecule has 0 aromatic heterocycles. The molecule has 0 amide bonds. The molecule has 0 aliphatic heterocycles. The Balaban J connectivity index is 3.30. The highest BCUT2D eigenvalue weighted by Crippen LogP contribution is 2.41. The number of hydrogen-bond acceptors (Lipinski definition) is 2. The van der Waals surface area contributed by atoms with Crippen LogP contribution in [0.3, 0.4) is 0 Å². The van der Waals surface area contributed by atoms with E-state index in [1.165, 1.54) is 0 Å². The molecule has 0 saturated carbocycles. The molecule has 0 fully saturated rings.